The molecule has 0 spiro atoms. The Kier molecular flexibility index (Phi) is 4.22. The molecule has 0 bridgehead atoms. The number of fused-ring (bicyclic) bond motifs is 1. The zero-order chi connectivity index (χ0) is 15.5. The highest BCUT2D eigenvalue weighted by atomic mass is 19.1. The molecule has 1 atom stereocenters. The molecule has 1 aromatic heterocycles. The van der Waals surface area contributed by atoms with Crippen LogP contribution in [0.5, 0.6) is 0 Å². The summed E-state index contributed by atoms with van der Waals surface area (Å²) in [6.45, 7) is 1.24. The number of esters is 1. The lowest BCUT2D eigenvalue weighted by Gasteiger charge is -2.24. The minimum Gasteiger partial charge on any atom is -0.465 e. The Balaban J connectivity index is 2.02. The monoisotopic (exact) mass is 302 g/mol. The summed E-state index contributed by atoms with van der Waals surface area (Å²) in [5, 5.41) is 0.742. The van der Waals surface area contributed by atoms with Crippen LogP contribution < -0.4 is 4.90 Å². The minimum absolute atomic E-state index is 0.385. The lowest BCUT2D eigenvalue weighted by atomic mass is 10.1. The van der Waals surface area contributed by atoms with Crippen LogP contribution in [0.4, 0.5) is 10.1 Å². The number of carbonyl (C=O) groups excluding carboxylic acids is 1. The van der Waals surface area contributed by atoms with E-state index in [9.17, 15) is 9.18 Å². The highest BCUT2D eigenvalue weighted by Gasteiger charge is 2.19. The Hall–Kier alpha value is -2.17. The van der Waals surface area contributed by atoms with Gasteiger partial charge in [-0.2, -0.15) is 0 Å². The fourth-order valence-corrected chi connectivity index (χ4v) is 2.94. The van der Waals surface area contributed by atoms with Crippen molar-refractivity contribution in [3.8, 4) is 0 Å². The molecule has 3 rings (SSSR count). The van der Waals surface area contributed by atoms with Crippen LogP contribution in [0.1, 0.15) is 29.6 Å². The van der Waals surface area contributed by atoms with Crippen molar-refractivity contribution >= 4 is 22.6 Å². The number of hydrogen-bond donors (Lipinski definition) is 0. The standard InChI is InChI=1S/C17H19FN2O2/c1-22-17(21)14-7-8-19-16-6-5-13(10-15(14)16)20-9-3-2-4-12(18)11-20/h5-8,10,12H,2-4,9,11H2,1H3/t12-/m1/s1. The number of alkyl halides is 1. The summed E-state index contributed by atoms with van der Waals surface area (Å²) < 4.78 is 18.7. The molecule has 1 saturated heterocycles. The van der Waals surface area contributed by atoms with Crippen molar-refractivity contribution in [2.75, 3.05) is 25.1 Å². The highest BCUT2D eigenvalue weighted by Crippen LogP contribution is 2.26. The van der Waals surface area contributed by atoms with Gasteiger partial charge in [0.25, 0.3) is 0 Å². The van der Waals surface area contributed by atoms with Gasteiger partial charge in [-0.25, -0.2) is 9.18 Å². The van der Waals surface area contributed by atoms with E-state index in [1.165, 1.54) is 7.11 Å². The van der Waals surface area contributed by atoms with Gasteiger partial charge in [0.2, 0.25) is 0 Å². The second kappa shape index (κ2) is 6.30. The molecule has 1 aliphatic heterocycles. The van der Waals surface area contributed by atoms with E-state index in [0.29, 0.717) is 18.5 Å². The van der Waals surface area contributed by atoms with Crippen molar-refractivity contribution in [1.29, 1.82) is 0 Å². The smallest absolute Gasteiger partial charge is 0.338 e. The zero-order valence-corrected chi connectivity index (χ0v) is 12.6. The van der Waals surface area contributed by atoms with Crippen LogP contribution in [-0.4, -0.2) is 37.3 Å². The molecule has 1 aliphatic rings. The first-order valence-electron chi connectivity index (χ1n) is 7.55. The predicted octanol–water partition coefficient (Wildman–Crippen LogP) is 3.35. The molecule has 0 unspecified atom stereocenters. The van der Waals surface area contributed by atoms with Gasteiger partial charge in [-0.05, 0) is 43.5 Å². The Morgan fingerprint density at radius 3 is 3.05 bits per heavy atom. The molecule has 2 heterocycles. The van der Waals surface area contributed by atoms with E-state index >= 15 is 0 Å². The van der Waals surface area contributed by atoms with Gasteiger partial charge >= 0.3 is 5.97 Å². The molecule has 0 N–H and O–H groups in total. The van der Waals surface area contributed by atoms with Crippen LogP contribution in [0.3, 0.4) is 0 Å². The molecule has 0 saturated carbocycles. The molecular formula is C17H19FN2O2. The molecular weight excluding hydrogens is 283 g/mol. The van der Waals surface area contributed by atoms with Crippen molar-refractivity contribution in [2.45, 2.75) is 25.4 Å². The largest absolute Gasteiger partial charge is 0.465 e. The predicted molar refractivity (Wildman–Crippen MR) is 84.0 cm³/mol. The lowest BCUT2D eigenvalue weighted by molar-refractivity contribution is 0.0603. The molecule has 1 fully saturated rings. The van der Waals surface area contributed by atoms with Gasteiger partial charge in [0.05, 0.1) is 18.2 Å². The first-order chi connectivity index (χ1) is 10.7. The molecule has 1 aromatic carbocycles. The number of hydrogen-bond acceptors (Lipinski definition) is 4. The topological polar surface area (TPSA) is 42.4 Å². The summed E-state index contributed by atoms with van der Waals surface area (Å²) in [7, 11) is 1.36. The number of benzene rings is 1. The Labute approximate surface area is 128 Å². The van der Waals surface area contributed by atoms with Crippen LogP contribution in [-0.2, 0) is 4.74 Å². The summed E-state index contributed by atoms with van der Waals surface area (Å²) in [5.41, 5.74) is 2.15. The molecule has 2 aromatic rings. The van der Waals surface area contributed by atoms with Crippen LogP contribution in [0.2, 0.25) is 0 Å². The highest BCUT2D eigenvalue weighted by molar-refractivity contribution is 6.04. The normalized spacial score (nSPS) is 19.0. The third-order valence-corrected chi connectivity index (χ3v) is 4.11. The van der Waals surface area contributed by atoms with E-state index in [1.807, 2.05) is 23.1 Å². The maximum atomic E-state index is 13.8. The summed E-state index contributed by atoms with van der Waals surface area (Å²) in [6, 6.07) is 7.37. The summed E-state index contributed by atoms with van der Waals surface area (Å²) in [5.74, 6) is -0.385. The van der Waals surface area contributed by atoms with Gasteiger partial charge < -0.3 is 9.64 Å². The van der Waals surface area contributed by atoms with Gasteiger partial charge in [-0.1, -0.05) is 0 Å². The number of pyridine rings is 1. The molecule has 0 radical (unpaired) electrons. The van der Waals surface area contributed by atoms with Crippen molar-refractivity contribution in [2.24, 2.45) is 0 Å². The lowest BCUT2D eigenvalue weighted by Crippen LogP contribution is -2.28. The first-order valence-corrected chi connectivity index (χ1v) is 7.55. The van der Waals surface area contributed by atoms with Crippen LogP contribution in [0.25, 0.3) is 10.9 Å². The number of anilines is 1. The Bertz CT molecular complexity index is 689. The van der Waals surface area contributed by atoms with Crippen LogP contribution >= 0.6 is 0 Å². The van der Waals surface area contributed by atoms with E-state index < -0.39 is 6.17 Å². The molecule has 22 heavy (non-hydrogen) atoms. The van der Waals surface area contributed by atoms with Crippen LogP contribution in [0.15, 0.2) is 30.5 Å². The van der Waals surface area contributed by atoms with Gasteiger partial charge in [0, 0.05) is 30.4 Å². The average molecular weight is 302 g/mol. The third kappa shape index (κ3) is 2.89. The number of nitrogens with zero attached hydrogens (tertiary/aromatic N) is 2. The number of rotatable bonds is 2. The Morgan fingerprint density at radius 2 is 2.23 bits per heavy atom. The molecule has 4 nitrogen and oxygen atoms in total. The fraction of sp³-hybridized carbons (Fsp3) is 0.412. The molecule has 0 aliphatic carbocycles. The zero-order valence-electron chi connectivity index (χ0n) is 12.6. The van der Waals surface area contributed by atoms with E-state index in [1.54, 1.807) is 12.3 Å². The van der Waals surface area contributed by atoms with Crippen molar-refractivity contribution in [3.63, 3.8) is 0 Å². The maximum absolute atomic E-state index is 13.8. The average Bonchev–Trinajstić information content (AvgIpc) is 2.77. The number of halogens is 1. The van der Waals surface area contributed by atoms with Crippen molar-refractivity contribution in [1.82, 2.24) is 4.98 Å². The second-order valence-electron chi connectivity index (χ2n) is 5.59. The summed E-state index contributed by atoms with van der Waals surface area (Å²) in [6.07, 6.45) is 3.32. The number of carbonyl (C=O) groups is 1. The van der Waals surface area contributed by atoms with E-state index in [2.05, 4.69) is 4.98 Å². The molecule has 116 valence electrons. The van der Waals surface area contributed by atoms with E-state index in [0.717, 1.165) is 36.0 Å². The van der Waals surface area contributed by atoms with Crippen molar-refractivity contribution < 1.29 is 13.9 Å². The Morgan fingerprint density at radius 1 is 1.36 bits per heavy atom. The quantitative estimate of drug-likeness (QED) is 0.798. The number of aromatic nitrogens is 1. The second-order valence-corrected chi connectivity index (χ2v) is 5.59. The number of ether oxygens (including phenoxy) is 1. The van der Waals surface area contributed by atoms with Gasteiger partial charge in [-0.3, -0.25) is 4.98 Å². The molecule has 5 heteroatoms. The summed E-state index contributed by atoms with van der Waals surface area (Å²) >= 11 is 0. The third-order valence-electron chi connectivity index (χ3n) is 4.11. The fourth-order valence-electron chi connectivity index (χ4n) is 2.94. The maximum Gasteiger partial charge on any atom is 0.338 e. The molecule has 0 amide bonds. The van der Waals surface area contributed by atoms with Gasteiger partial charge in [0.15, 0.2) is 0 Å². The SMILES string of the molecule is COC(=O)c1ccnc2ccc(N3CCCC[C@@H](F)C3)cc12. The van der Waals surface area contributed by atoms with E-state index in [-0.39, 0.29) is 5.97 Å². The first kappa shape index (κ1) is 14.8. The summed E-state index contributed by atoms with van der Waals surface area (Å²) in [4.78, 5) is 18.2. The van der Waals surface area contributed by atoms with E-state index in [4.69, 9.17) is 4.74 Å². The van der Waals surface area contributed by atoms with Crippen molar-refractivity contribution in [3.05, 3.63) is 36.0 Å². The van der Waals surface area contributed by atoms with Crippen LogP contribution in [0, 0.1) is 0 Å². The number of methoxy groups -OCH3 is 1. The minimum atomic E-state index is -0.799. The van der Waals surface area contributed by atoms with Gasteiger partial charge in [0.1, 0.15) is 6.17 Å². The van der Waals surface area contributed by atoms with Gasteiger partial charge in [-0.15, -0.1) is 0 Å².